The fraction of sp³-hybridized carbons (Fsp3) is 0.500. The van der Waals surface area contributed by atoms with Gasteiger partial charge in [0.1, 0.15) is 5.82 Å². The SMILES string of the molecule is O=C(CC1CCCCC1)NCc1nnnn1-c1cccc(F)c1. The number of aromatic nitrogens is 4. The summed E-state index contributed by atoms with van der Waals surface area (Å²) in [6.45, 7) is 0.231. The van der Waals surface area contributed by atoms with Gasteiger partial charge in [0.2, 0.25) is 5.91 Å². The van der Waals surface area contributed by atoms with Crippen LogP contribution in [0.25, 0.3) is 5.69 Å². The van der Waals surface area contributed by atoms with Crippen molar-refractivity contribution in [2.24, 2.45) is 5.92 Å². The molecule has 0 spiro atoms. The summed E-state index contributed by atoms with van der Waals surface area (Å²) in [7, 11) is 0. The van der Waals surface area contributed by atoms with Gasteiger partial charge in [-0.1, -0.05) is 25.3 Å². The largest absolute Gasteiger partial charge is 0.349 e. The van der Waals surface area contributed by atoms with Gasteiger partial charge in [0.25, 0.3) is 0 Å². The molecule has 7 heteroatoms. The van der Waals surface area contributed by atoms with E-state index in [-0.39, 0.29) is 18.3 Å². The van der Waals surface area contributed by atoms with E-state index in [0.29, 0.717) is 23.9 Å². The topological polar surface area (TPSA) is 72.7 Å². The highest BCUT2D eigenvalue weighted by Crippen LogP contribution is 2.26. The molecule has 1 aliphatic rings. The maximum absolute atomic E-state index is 13.3. The van der Waals surface area contributed by atoms with Gasteiger partial charge < -0.3 is 5.32 Å². The van der Waals surface area contributed by atoms with Crippen LogP contribution in [0.2, 0.25) is 0 Å². The van der Waals surface area contributed by atoms with Gasteiger partial charge >= 0.3 is 0 Å². The molecule has 0 atom stereocenters. The number of tetrazole rings is 1. The maximum Gasteiger partial charge on any atom is 0.220 e. The standard InChI is InChI=1S/C16H20FN5O/c17-13-7-4-8-14(10-13)22-15(19-20-21-22)11-18-16(23)9-12-5-2-1-3-6-12/h4,7-8,10,12H,1-3,5-6,9,11H2,(H,18,23). The number of benzene rings is 1. The predicted octanol–water partition coefficient (Wildman–Crippen LogP) is 2.39. The first kappa shape index (κ1) is 15.6. The predicted molar refractivity (Wildman–Crippen MR) is 82.2 cm³/mol. The molecule has 1 N–H and O–H groups in total. The summed E-state index contributed by atoms with van der Waals surface area (Å²) < 4.78 is 14.7. The first-order valence-corrected chi connectivity index (χ1v) is 8.02. The molecule has 1 fully saturated rings. The van der Waals surface area contributed by atoms with Gasteiger partial charge in [0.05, 0.1) is 12.2 Å². The Balaban J connectivity index is 1.58. The van der Waals surface area contributed by atoms with Crippen LogP contribution in [-0.2, 0) is 11.3 Å². The molecule has 3 rings (SSSR count). The van der Waals surface area contributed by atoms with Crippen LogP contribution in [0.4, 0.5) is 4.39 Å². The Morgan fingerprint density at radius 1 is 1.30 bits per heavy atom. The average Bonchev–Trinajstić information content (AvgIpc) is 3.02. The van der Waals surface area contributed by atoms with E-state index in [1.54, 1.807) is 12.1 Å². The number of carbonyl (C=O) groups excluding carboxylic acids is 1. The summed E-state index contributed by atoms with van der Waals surface area (Å²) in [5.41, 5.74) is 0.534. The van der Waals surface area contributed by atoms with Crippen molar-refractivity contribution in [1.82, 2.24) is 25.5 Å². The lowest BCUT2D eigenvalue weighted by Crippen LogP contribution is -2.27. The second-order valence-corrected chi connectivity index (χ2v) is 5.97. The summed E-state index contributed by atoms with van der Waals surface area (Å²) in [5.74, 6) is 0.631. The van der Waals surface area contributed by atoms with Crippen LogP contribution in [0, 0.1) is 11.7 Å². The van der Waals surface area contributed by atoms with Crippen molar-refractivity contribution in [3.8, 4) is 5.69 Å². The molecule has 1 saturated carbocycles. The number of hydrogen-bond acceptors (Lipinski definition) is 4. The summed E-state index contributed by atoms with van der Waals surface area (Å²) in [6, 6.07) is 6.02. The highest BCUT2D eigenvalue weighted by Gasteiger charge is 2.17. The van der Waals surface area contributed by atoms with Gasteiger partial charge in [-0.3, -0.25) is 4.79 Å². The molecule has 2 aromatic rings. The quantitative estimate of drug-likeness (QED) is 0.919. The van der Waals surface area contributed by atoms with Gasteiger partial charge in [-0.2, -0.15) is 4.68 Å². The summed E-state index contributed by atoms with van der Waals surface area (Å²) in [5, 5.41) is 14.2. The maximum atomic E-state index is 13.3. The Morgan fingerprint density at radius 3 is 2.91 bits per heavy atom. The number of amides is 1. The van der Waals surface area contributed by atoms with Crippen LogP contribution in [0.1, 0.15) is 44.3 Å². The minimum atomic E-state index is -0.356. The van der Waals surface area contributed by atoms with Gasteiger partial charge in [-0.15, -0.1) is 5.10 Å². The zero-order chi connectivity index (χ0) is 16.1. The normalized spacial score (nSPS) is 15.5. The third-order valence-corrected chi connectivity index (χ3v) is 4.23. The van der Waals surface area contributed by atoms with E-state index >= 15 is 0 Å². The van der Waals surface area contributed by atoms with Crippen molar-refractivity contribution >= 4 is 5.91 Å². The van der Waals surface area contributed by atoms with E-state index in [1.807, 2.05) is 0 Å². The Morgan fingerprint density at radius 2 is 2.13 bits per heavy atom. The first-order valence-electron chi connectivity index (χ1n) is 8.02. The smallest absolute Gasteiger partial charge is 0.220 e. The summed E-state index contributed by atoms with van der Waals surface area (Å²) >= 11 is 0. The molecule has 0 saturated heterocycles. The molecule has 1 aliphatic carbocycles. The van der Waals surface area contributed by atoms with Crippen LogP contribution in [0.15, 0.2) is 24.3 Å². The minimum Gasteiger partial charge on any atom is -0.349 e. The number of halogens is 1. The second-order valence-electron chi connectivity index (χ2n) is 5.97. The van der Waals surface area contributed by atoms with Crippen molar-refractivity contribution in [2.75, 3.05) is 0 Å². The highest BCUT2D eigenvalue weighted by atomic mass is 19.1. The van der Waals surface area contributed by atoms with Crippen LogP contribution in [-0.4, -0.2) is 26.1 Å². The lowest BCUT2D eigenvalue weighted by molar-refractivity contribution is -0.122. The Kier molecular flexibility index (Phi) is 4.95. The van der Waals surface area contributed by atoms with Crippen LogP contribution < -0.4 is 5.32 Å². The molecular weight excluding hydrogens is 297 g/mol. The van der Waals surface area contributed by atoms with Crippen molar-refractivity contribution in [3.63, 3.8) is 0 Å². The number of rotatable bonds is 5. The molecule has 0 radical (unpaired) electrons. The molecule has 1 heterocycles. The lowest BCUT2D eigenvalue weighted by Gasteiger charge is -2.20. The Hall–Kier alpha value is -2.31. The lowest BCUT2D eigenvalue weighted by atomic mass is 9.87. The fourth-order valence-corrected chi connectivity index (χ4v) is 3.03. The minimum absolute atomic E-state index is 0.0192. The molecule has 122 valence electrons. The molecule has 1 amide bonds. The van der Waals surface area contributed by atoms with Gasteiger partial charge in [0.15, 0.2) is 5.82 Å². The summed E-state index contributed by atoms with van der Waals surface area (Å²) in [6.07, 6.45) is 6.54. The van der Waals surface area contributed by atoms with Crippen molar-refractivity contribution in [1.29, 1.82) is 0 Å². The molecule has 23 heavy (non-hydrogen) atoms. The molecule has 6 nitrogen and oxygen atoms in total. The van der Waals surface area contributed by atoms with Crippen LogP contribution in [0.5, 0.6) is 0 Å². The molecule has 0 bridgehead atoms. The average molecular weight is 317 g/mol. The van der Waals surface area contributed by atoms with Crippen molar-refractivity contribution < 1.29 is 9.18 Å². The monoisotopic (exact) mass is 317 g/mol. The number of carbonyl (C=O) groups is 1. The van der Waals surface area contributed by atoms with Crippen molar-refractivity contribution in [2.45, 2.75) is 45.1 Å². The van der Waals surface area contributed by atoms with Gasteiger partial charge in [-0.05, 0) is 47.4 Å². The Labute approximate surface area is 134 Å². The van der Waals surface area contributed by atoms with E-state index in [0.717, 1.165) is 12.8 Å². The van der Waals surface area contributed by atoms with E-state index in [4.69, 9.17) is 0 Å². The third-order valence-electron chi connectivity index (χ3n) is 4.23. The Bertz CT molecular complexity index is 666. The fourth-order valence-electron chi connectivity index (χ4n) is 3.03. The highest BCUT2D eigenvalue weighted by molar-refractivity contribution is 5.76. The van der Waals surface area contributed by atoms with E-state index < -0.39 is 0 Å². The molecule has 0 unspecified atom stereocenters. The van der Waals surface area contributed by atoms with Crippen LogP contribution >= 0.6 is 0 Å². The van der Waals surface area contributed by atoms with Crippen molar-refractivity contribution in [3.05, 3.63) is 35.9 Å². The van der Waals surface area contributed by atoms with E-state index in [2.05, 4.69) is 20.8 Å². The molecular formula is C16H20FN5O. The number of hydrogen-bond donors (Lipinski definition) is 1. The third kappa shape index (κ3) is 4.12. The molecule has 1 aromatic carbocycles. The van der Waals surface area contributed by atoms with Gasteiger partial charge in [-0.25, -0.2) is 4.39 Å². The first-order chi connectivity index (χ1) is 11.2. The summed E-state index contributed by atoms with van der Waals surface area (Å²) in [4.78, 5) is 12.1. The van der Waals surface area contributed by atoms with Gasteiger partial charge in [0, 0.05) is 6.42 Å². The van der Waals surface area contributed by atoms with E-state index in [1.165, 1.54) is 36.1 Å². The number of nitrogens with one attached hydrogen (secondary N) is 1. The van der Waals surface area contributed by atoms with Crippen LogP contribution in [0.3, 0.4) is 0 Å². The molecule has 1 aromatic heterocycles. The second kappa shape index (κ2) is 7.30. The number of nitrogens with zero attached hydrogens (tertiary/aromatic N) is 4. The van der Waals surface area contributed by atoms with E-state index in [9.17, 15) is 9.18 Å². The zero-order valence-electron chi connectivity index (χ0n) is 12.9. The molecule has 0 aliphatic heterocycles. The zero-order valence-corrected chi connectivity index (χ0v) is 12.9.